The number of hydrogen-bond donors (Lipinski definition) is 2. The second-order valence-corrected chi connectivity index (χ2v) is 2.06. The molecule has 0 spiro atoms. The van der Waals surface area contributed by atoms with Gasteiger partial charge in [0.05, 0.1) is 0 Å². The Labute approximate surface area is 47.6 Å². The maximum Gasteiger partial charge on any atom is 0.112 e. The van der Waals surface area contributed by atoms with Gasteiger partial charge in [0.25, 0.3) is 0 Å². The molecule has 0 heterocycles. The molecule has 4 N–H and O–H groups in total. The molecular formula is C4H10N2O2. The van der Waals surface area contributed by atoms with E-state index >= 15 is 0 Å². The third-order valence-corrected chi connectivity index (χ3v) is 1.53. The van der Waals surface area contributed by atoms with Crippen LogP contribution in [0.4, 0.5) is 0 Å². The Morgan fingerprint density at radius 1 is 1.12 bits per heavy atom. The predicted octanol–water partition coefficient (Wildman–Crippen LogP) is -0.846. The Balaban J connectivity index is 2.23. The van der Waals surface area contributed by atoms with E-state index in [1.54, 1.807) is 0 Å². The molecule has 1 rings (SSSR count). The molecule has 0 aliphatic heterocycles. The van der Waals surface area contributed by atoms with Crippen molar-refractivity contribution in [3.05, 3.63) is 0 Å². The molecule has 4 nitrogen and oxygen atoms in total. The Morgan fingerprint density at radius 2 is 1.50 bits per heavy atom. The first-order chi connectivity index (χ1) is 3.81. The first-order valence-corrected chi connectivity index (χ1v) is 2.52. The van der Waals surface area contributed by atoms with Crippen molar-refractivity contribution in [1.29, 1.82) is 0 Å². The van der Waals surface area contributed by atoms with Crippen molar-refractivity contribution >= 4 is 0 Å². The second kappa shape index (κ2) is 1.99. The van der Waals surface area contributed by atoms with Gasteiger partial charge < -0.3 is 0 Å². The highest BCUT2D eigenvalue weighted by molar-refractivity contribution is 4.96. The van der Waals surface area contributed by atoms with Crippen molar-refractivity contribution in [2.45, 2.75) is 19.1 Å². The van der Waals surface area contributed by atoms with Gasteiger partial charge in [0.2, 0.25) is 0 Å². The van der Waals surface area contributed by atoms with E-state index in [1.807, 2.05) is 6.92 Å². The van der Waals surface area contributed by atoms with Crippen molar-refractivity contribution in [2.75, 3.05) is 0 Å². The summed E-state index contributed by atoms with van der Waals surface area (Å²) in [6.45, 7) is 1.97. The van der Waals surface area contributed by atoms with Gasteiger partial charge in [0.1, 0.15) is 12.2 Å². The summed E-state index contributed by atoms with van der Waals surface area (Å²) < 4.78 is 0. The van der Waals surface area contributed by atoms with Crippen LogP contribution in [0.3, 0.4) is 0 Å². The predicted molar refractivity (Wildman–Crippen MR) is 27.3 cm³/mol. The van der Waals surface area contributed by atoms with Gasteiger partial charge in [-0.3, -0.25) is 9.68 Å². The highest BCUT2D eigenvalue weighted by atomic mass is 16.7. The van der Waals surface area contributed by atoms with Crippen molar-refractivity contribution in [3.8, 4) is 0 Å². The standard InChI is InChI=1S/C4H10N2O2/c1-2-3(7-5)4(2)8-6/h2-4H,5-6H2,1H3. The molecule has 0 amide bonds. The van der Waals surface area contributed by atoms with E-state index in [9.17, 15) is 0 Å². The lowest BCUT2D eigenvalue weighted by molar-refractivity contribution is 0.0429. The van der Waals surface area contributed by atoms with E-state index in [-0.39, 0.29) is 12.2 Å². The van der Waals surface area contributed by atoms with Gasteiger partial charge in [-0.15, -0.1) is 0 Å². The second-order valence-electron chi connectivity index (χ2n) is 2.06. The molecule has 0 aromatic heterocycles. The summed E-state index contributed by atoms with van der Waals surface area (Å²) in [5.41, 5.74) is 0. The lowest BCUT2D eigenvalue weighted by Gasteiger charge is -1.89. The van der Waals surface area contributed by atoms with E-state index in [0.29, 0.717) is 5.92 Å². The minimum atomic E-state index is 0.0139. The zero-order valence-corrected chi connectivity index (χ0v) is 4.70. The molecule has 4 heteroatoms. The summed E-state index contributed by atoms with van der Waals surface area (Å²) >= 11 is 0. The molecule has 1 aliphatic rings. The molecule has 48 valence electrons. The SMILES string of the molecule is CC1C(ON)C1ON. The van der Waals surface area contributed by atoms with Crippen LogP contribution >= 0.6 is 0 Å². The summed E-state index contributed by atoms with van der Waals surface area (Å²) in [5.74, 6) is 10.1. The molecule has 0 aromatic carbocycles. The van der Waals surface area contributed by atoms with E-state index < -0.39 is 0 Å². The average molecular weight is 118 g/mol. The van der Waals surface area contributed by atoms with Crippen LogP contribution in [0.2, 0.25) is 0 Å². The largest absolute Gasteiger partial charge is 0.298 e. The van der Waals surface area contributed by atoms with Crippen LogP contribution in [0, 0.1) is 5.92 Å². The number of rotatable bonds is 2. The van der Waals surface area contributed by atoms with Gasteiger partial charge in [-0.25, -0.2) is 11.8 Å². The van der Waals surface area contributed by atoms with E-state index in [1.165, 1.54) is 0 Å². The fraction of sp³-hybridized carbons (Fsp3) is 1.00. The Bertz CT molecular complexity index is 78.1. The molecule has 8 heavy (non-hydrogen) atoms. The zero-order chi connectivity index (χ0) is 6.15. The van der Waals surface area contributed by atoms with Crippen LogP contribution < -0.4 is 11.8 Å². The maximum atomic E-state index is 4.85. The van der Waals surface area contributed by atoms with Crippen molar-refractivity contribution in [1.82, 2.24) is 0 Å². The molecule has 1 saturated carbocycles. The van der Waals surface area contributed by atoms with Crippen molar-refractivity contribution < 1.29 is 9.68 Å². The minimum absolute atomic E-state index is 0.0139. The van der Waals surface area contributed by atoms with Crippen molar-refractivity contribution in [2.24, 2.45) is 17.7 Å². The molecule has 1 fully saturated rings. The Morgan fingerprint density at radius 3 is 1.62 bits per heavy atom. The first-order valence-electron chi connectivity index (χ1n) is 2.52. The summed E-state index contributed by atoms with van der Waals surface area (Å²) in [6, 6.07) is 0. The first kappa shape index (κ1) is 5.97. The number of hydrogen-bond acceptors (Lipinski definition) is 4. The summed E-state index contributed by atoms with van der Waals surface area (Å²) in [5, 5.41) is 0. The number of nitrogens with two attached hydrogens (primary N) is 2. The monoisotopic (exact) mass is 118 g/mol. The topological polar surface area (TPSA) is 70.5 Å². The fourth-order valence-electron chi connectivity index (χ4n) is 0.794. The molecular weight excluding hydrogens is 108 g/mol. The molecule has 2 atom stereocenters. The molecule has 0 saturated heterocycles. The summed E-state index contributed by atoms with van der Waals surface area (Å²) in [6.07, 6.45) is 0.0278. The zero-order valence-electron chi connectivity index (χ0n) is 4.70. The average Bonchev–Trinajstić information content (AvgIpc) is 2.40. The van der Waals surface area contributed by atoms with Gasteiger partial charge in [-0.05, 0) is 0 Å². The van der Waals surface area contributed by atoms with Gasteiger partial charge >= 0.3 is 0 Å². The van der Waals surface area contributed by atoms with Crippen LogP contribution in [0.25, 0.3) is 0 Å². The smallest absolute Gasteiger partial charge is 0.112 e. The summed E-state index contributed by atoms with van der Waals surface area (Å²) in [4.78, 5) is 8.94. The molecule has 0 bridgehead atoms. The molecule has 2 unspecified atom stereocenters. The lowest BCUT2D eigenvalue weighted by atomic mass is 10.5. The molecule has 0 aromatic rings. The quantitative estimate of drug-likeness (QED) is 0.463. The highest BCUT2D eigenvalue weighted by Crippen LogP contribution is 2.34. The summed E-state index contributed by atoms with van der Waals surface area (Å²) in [7, 11) is 0. The van der Waals surface area contributed by atoms with Gasteiger partial charge in [0.15, 0.2) is 0 Å². The third kappa shape index (κ3) is 0.714. The van der Waals surface area contributed by atoms with Crippen LogP contribution in [0.15, 0.2) is 0 Å². The van der Waals surface area contributed by atoms with Crippen LogP contribution in [-0.4, -0.2) is 12.2 Å². The van der Waals surface area contributed by atoms with Crippen LogP contribution in [-0.2, 0) is 9.68 Å². The lowest BCUT2D eigenvalue weighted by Crippen LogP contribution is -2.10. The molecule has 0 radical (unpaired) electrons. The van der Waals surface area contributed by atoms with E-state index in [0.717, 1.165) is 0 Å². The normalized spacial score (nSPS) is 44.6. The van der Waals surface area contributed by atoms with Gasteiger partial charge in [-0.2, -0.15) is 0 Å². The van der Waals surface area contributed by atoms with Crippen LogP contribution in [0.5, 0.6) is 0 Å². The molecule has 1 aliphatic carbocycles. The fourth-order valence-corrected chi connectivity index (χ4v) is 0.794. The third-order valence-electron chi connectivity index (χ3n) is 1.53. The highest BCUT2D eigenvalue weighted by Gasteiger charge is 2.49. The van der Waals surface area contributed by atoms with Gasteiger partial charge in [-0.1, -0.05) is 6.92 Å². The van der Waals surface area contributed by atoms with E-state index in [4.69, 9.17) is 11.8 Å². The van der Waals surface area contributed by atoms with E-state index in [2.05, 4.69) is 9.68 Å². The van der Waals surface area contributed by atoms with Crippen molar-refractivity contribution in [3.63, 3.8) is 0 Å². The Hall–Kier alpha value is -0.160. The minimum Gasteiger partial charge on any atom is -0.298 e. The Kier molecular flexibility index (Phi) is 1.48. The maximum absolute atomic E-state index is 4.85. The van der Waals surface area contributed by atoms with Gasteiger partial charge in [0, 0.05) is 5.92 Å². The van der Waals surface area contributed by atoms with Crippen LogP contribution in [0.1, 0.15) is 6.92 Å².